The van der Waals surface area contributed by atoms with E-state index in [9.17, 15) is 4.79 Å². The summed E-state index contributed by atoms with van der Waals surface area (Å²) in [5, 5.41) is 4.04. The summed E-state index contributed by atoms with van der Waals surface area (Å²) < 4.78 is 5.17. The zero-order chi connectivity index (χ0) is 14.6. The minimum Gasteiger partial charge on any atom is -0.497 e. The molecule has 2 unspecified atom stereocenters. The first-order valence-corrected chi connectivity index (χ1v) is 8.23. The maximum Gasteiger partial charge on any atom is 0.251 e. The number of carbonyl (C=O) groups is 1. The van der Waals surface area contributed by atoms with Gasteiger partial charge in [-0.2, -0.15) is 0 Å². The van der Waals surface area contributed by atoms with Crippen LogP contribution in [-0.2, 0) is 0 Å². The standard InChI is InChI=1S/C16H22BrNO2/c1-12-5-4-8-16(10-12,11-17)18-15(19)13-6-3-7-14(9-13)20-2/h3,6-7,9,12H,4-5,8,10-11H2,1-2H3,(H,18,19). The largest absolute Gasteiger partial charge is 0.497 e. The SMILES string of the molecule is COc1cccc(C(=O)NC2(CBr)CCCC(C)C2)c1. The molecule has 20 heavy (non-hydrogen) atoms. The molecule has 1 aromatic rings. The van der Waals surface area contributed by atoms with Crippen molar-refractivity contribution in [3.8, 4) is 5.75 Å². The summed E-state index contributed by atoms with van der Waals surface area (Å²) in [6.45, 7) is 2.26. The van der Waals surface area contributed by atoms with Crippen molar-refractivity contribution in [3.63, 3.8) is 0 Å². The third-order valence-electron chi connectivity index (χ3n) is 4.06. The van der Waals surface area contributed by atoms with Gasteiger partial charge in [-0.25, -0.2) is 0 Å². The predicted octanol–water partition coefficient (Wildman–Crippen LogP) is 3.77. The molecule has 1 amide bonds. The van der Waals surface area contributed by atoms with Crippen molar-refractivity contribution >= 4 is 21.8 Å². The Kier molecular flexibility index (Phi) is 5.08. The maximum absolute atomic E-state index is 12.5. The minimum absolute atomic E-state index is 0.0162. The minimum atomic E-state index is -0.113. The van der Waals surface area contributed by atoms with Crippen LogP contribution in [0.25, 0.3) is 0 Å². The normalized spacial score (nSPS) is 26.1. The lowest BCUT2D eigenvalue weighted by molar-refractivity contribution is 0.0869. The van der Waals surface area contributed by atoms with Crippen LogP contribution in [0.3, 0.4) is 0 Å². The van der Waals surface area contributed by atoms with E-state index >= 15 is 0 Å². The third-order valence-corrected chi connectivity index (χ3v) is 5.13. The molecular formula is C16H22BrNO2. The molecule has 110 valence electrons. The predicted molar refractivity (Wildman–Crippen MR) is 84.6 cm³/mol. The number of carbonyl (C=O) groups excluding carboxylic acids is 1. The van der Waals surface area contributed by atoms with Gasteiger partial charge in [0.15, 0.2) is 0 Å². The fourth-order valence-corrected chi connectivity index (χ4v) is 3.66. The van der Waals surface area contributed by atoms with Crippen LogP contribution in [-0.4, -0.2) is 23.9 Å². The molecule has 0 spiro atoms. The Morgan fingerprint density at radius 2 is 2.35 bits per heavy atom. The summed E-state index contributed by atoms with van der Waals surface area (Å²) in [7, 11) is 1.61. The lowest BCUT2D eigenvalue weighted by Gasteiger charge is -2.39. The van der Waals surface area contributed by atoms with Crippen LogP contribution in [0.1, 0.15) is 43.0 Å². The molecule has 1 aliphatic carbocycles. The van der Waals surface area contributed by atoms with Gasteiger partial charge in [-0.3, -0.25) is 4.79 Å². The van der Waals surface area contributed by atoms with Crippen LogP contribution in [0, 0.1) is 5.92 Å². The number of ether oxygens (including phenoxy) is 1. The number of hydrogen-bond acceptors (Lipinski definition) is 2. The Bertz CT molecular complexity index is 477. The van der Waals surface area contributed by atoms with Gasteiger partial charge in [0.1, 0.15) is 5.75 Å². The van der Waals surface area contributed by atoms with E-state index in [-0.39, 0.29) is 11.4 Å². The van der Waals surface area contributed by atoms with Crippen LogP contribution in [0.15, 0.2) is 24.3 Å². The Morgan fingerprint density at radius 1 is 1.55 bits per heavy atom. The zero-order valence-electron chi connectivity index (χ0n) is 12.1. The molecule has 0 aromatic heterocycles. The molecule has 1 saturated carbocycles. The molecule has 0 radical (unpaired) electrons. The van der Waals surface area contributed by atoms with Gasteiger partial charge in [0.25, 0.3) is 5.91 Å². The fraction of sp³-hybridized carbons (Fsp3) is 0.562. The second-order valence-corrected chi connectivity index (χ2v) is 6.36. The first-order chi connectivity index (χ1) is 9.58. The Balaban J connectivity index is 2.12. The van der Waals surface area contributed by atoms with Crippen molar-refractivity contribution in [2.45, 2.75) is 38.1 Å². The summed E-state index contributed by atoms with van der Waals surface area (Å²) in [4.78, 5) is 12.5. The van der Waals surface area contributed by atoms with Gasteiger partial charge in [0.05, 0.1) is 12.6 Å². The van der Waals surface area contributed by atoms with Crippen molar-refractivity contribution in [1.82, 2.24) is 5.32 Å². The average Bonchev–Trinajstić information content (AvgIpc) is 2.47. The fourth-order valence-electron chi connectivity index (χ4n) is 3.01. The number of amides is 1. The lowest BCUT2D eigenvalue weighted by Crippen LogP contribution is -2.52. The van der Waals surface area contributed by atoms with E-state index in [1.54, 1.807) is 13.2 Å². The number of nitrogens with one attached hydrogen (secondary N) is 1. The Labute approximate surface area is 129 Å². The molecule has 3 nitrogen and oxygen atoms in total. The van der Waals surface area contributed by atoms with Crippen molar-refractivity contribution in [2.24, 2.45) is 5.92 Å². The van der Waals surface area contributed by atoms with Crippen molar-refractivity contribution < 1.29 is 9.53 Å². The molecule has 0 saturated heterocycles. The molecule has 4 heteroatoms. The van der Waals surface area contributed by atoms with Crippen LogP contribution in [0.4, 0.5) is 0 Å². The van der Waals surface area contributed by atoms with Crippen molar-refractivity contribution in [1.29, 1.82) is 0 Å². The number of methoxy groups -OCH3 is 1. The first-order valence-electron chi connectivity index (χ1n) is 7.11. The van der Waals surface area contributed by atoms with Gasteiger partial charge in [-0.05, 0) is 37.0 Å². The molecule has 2 rings (SSSR count). The average molecular weight is 340 g/mol. The lowest BCUT2D eigenvalue weighted by atomic mass is 9.77. The quantitative estimate of drug-likeness (QED) is 0.848. The Hall–Kier alpha value is -1.03. The summed E-state index contributed by atoms with van der Waals surface area (Å²) in [6, 6.07) is 7.30. The van der Waals surface area contributed by atoms with E-state index in [0.717, 1.165) is 18.2 Å². The van der Waals surface area contributed by atoms with E-state index in [4.69, 9.17) is 4.74 Å². The monoisotopic (exact) mass is 339 g/mol. The molecule has 0 bridgehead atoms. The van der Waals surface area contributed by atoms with Crippen LogP contribution in [0.2, 0.25) is 0 Å². The van der Waals surface area contributed by atoms with Crippen molar-refractivity contribution in [3.05, 3.63) is 29.8 Å². The molecule has 1 aliphatic rings. The molecule has 0 aliphatic heterocycles. The highest BCUT2D eigenvalue weighted by Gasteiger charge is 2.35. The summed E-state index contributed by atoms with van der Waals surface area (Å²) in [5.41, 5.74) is 0.542. The Morgan fingerprint density at radius 3 is 3.00 bits per heavy atom. The van der Waals surface area contributed by atoms with E-state index in [2.05, 4.69) is 28.2 Å². The number of rotatable bonds is 4. The molecule has 0 heterocycles. The van der Waals surface area contributed by atoms with E-state index in [1.807, 2.05) is 18.2 Å². The van der Waals surface area contributed by atoms with Gasteiger partial charge in [-0.1, -0.05) is 41.8 Å². The van der Waals surface area contributed by atoms with Gasteiger partial charge in [0, 0.05) is 10.9 Å². The van der Waals surface area contributed by atoms with Gasteiger partial charge >= 0.3 is 0 Å². The van der Waals surface area contributed by atoms with E-state index in [0.29, 0.717) is 17.2 Å². The number of hydrogen-bond donors (Lipinski definition) is 1. The van der Waals surface area contributed by atoms with Crippen LogP contribution < -0.4 is 10.1 Å². The van der Waals surface area contributed by atoms with Crippen LogP contribution >= 0.6 is 15.9 Å². The molecule has 1 fully saturated rings. The van der Waals surface area contributed by atoms with E-state index < -0.39 is 0 Å². The third kappa shape index (κ3) is 3.54. The van der Waals surface area contributed by atoms with Gasteiger partial charge in [-0.15, -0.1) is 0 Å². The number of benzene rings is 1. The maximum atomic E-state index is 12.5. The number of alkyl halides is 1. The highest BCUT2D eigenvalue weighted by atomic mass is 79.9. The molecule has 1 N–H and O–H groups in total. The second kappa shape index (κ2) is 6.61. The summed E-state index contributed by atoms with van der Waals surface area (Å²) in [6.07, 6.45) is 4.50. The van der Waals surface area contributed by atoms with Crippen molar-refractivity contribution in [2.75, 3.05) is 12.4 Å². The zero-order valence-corrected chi connectivity index (χ0v) is 13.7. The number of halogens is 1. The highest BCUT2D eigenvalue weighted by Crippen LogP contribution is 2.34. The van der Waals surface area contributed by atoms with Gasteiger partial charge in [0.2, 0.25) is 0 Å². The van der Waals surface area contributed by atoms with Gasteiger partial charge < -0.3 is 10.1 Å². The summed E-state index contributed by atoms with van der Waals surface area (Å²) in [5.74, 6) is 1.35. The molecule has 2 atom stereocenters. The van der Waals surface area contributed by atoms with E-state index in [1.165, 1.54) is 12.8 Å². The molecular weight excluding hydrogens is 318 g/mol. The topological polar surface area (TPSA) is 38.3 Å². The second-order valence-electron chi connectivity index (χ2n) is 5.80. The summed E-state index contributed by atoms with van der Waals surface area (Å²) >= 11 is 3.59. The van der Waals surface area contributed by atoms with Crippen LogP contribution in [0.5, 0.6) is 5.75 Å². The molecule has 1 aromatic carbocycles. The first kappa shape index (κ1) is 15.4. The smallest absolute Gasteiger partial charge is 0.251 e. The highest BCUT2D eigenvalue weighted by molar-refractivity contribution is 9.09.